The average molecular weight is 348 g/mol. The molecule has 2 aromatic carbocycles. The van der Waals surface area contributed by atoms with Gasteiger partial charge < -0.3 is 4.74 Å². The van der Waals surface area contributed by atoms with Crippen LogP contribution in [0, 0.1) is 0 Å². The van der Waals surface area contributed by atoms with Gasteiger partial charge in [0, 0.05) is 0 Å². The van der Waals surface area contributed by atoms with Crippen LogP contribution in [-0.4, -0.2) is 26.7 Å². The maximum Gasteiger partial charge on any atom is 0.338 e. The molecule has 0 unspecified atom stereocenters. The summed E-state index contributed by atoms with van der Waals surface area (Å²) in [5, 5.41) is 0. The van der Waals surface area contributed by atoms with E-state index in [2.05, 4.69) is 0 Å². The second-order valence-electron chi connectivity index (χ2n) is 5.10. The number of hydrogen-bond donors (Lipinski definition) is 0. The van der Waals surface area contributed by atoms with E-state index in [9.17, 15) is 13.2 Å². The maximum absolute atomic E-state index is 11.6. The summed E-state index contributed by atoms with van der Waals surface area (Å²) in [6, 6.07) is 14.5. The van der Waals surface area contributed by atoms with E-state index in [1.807, 2.05) is 36.4 Å². The molecule has 0 aliphatic rings. The van der Waals surface area contributed by atoms with Crippen molar-refractivity contribution in [3.63, 3.8) is 0 Å². The predicted octanol–water partition coefficient (Wildman–Crippen LogP) is 3.40. The van der Waals surface area contributed by atoms with Crippen molar-refractivity contribution < 1.29 is 22.1 Å². The van der Waals surface area contributed by atoms with Crippen LogP contribution in [0.5, 0.6) is 0 Å². The lowest BCUT2D eigenvalue weighted by Crippen LogP contribution is -2.07. The topological polar surface area (TPSA) is 69.7 Å². The summed E-state index contributed by atoms with van der Waals surface area (Å²) in [6.45, 7) is 3.68. The Balaban J connectivity index is 2.06. The Morgan fingerprint density at radius 2 is 1.46 bits per heavy atom. The Morgan fingerprint density at radius 1 is 0.917 bits per heavy atom. The van der Waals surface area contributed by atoms with Gasteiger partial charge in [0.2, 0.25) is 0 Å². The van der Waals surface area contributed by atoms with E-state index in [1.165, 1.54) is 0 Å². The molecule has 5 nitrogen and oxygen atoms in total. The van der Waals surface area contributed by atoms with Gasteiger partial charge in [0.05, 0.1) is 24.5 Å². The van der Waals surface area contributed by atoms with Gasteiger partial charge in [-0.2, -0.15) is 8.42 Å². The highest BCUT2D eigenvalue weighted by molar-refractivity contribution is 7.86. The summed E-state index contributed by atoms with van der Waals surface area (Å²) in [6.07, 6.45) is 0. The number of carbonyl (C=O) groups is 1. The first-order chi connectivity index (χ1) is 11.4. The lowest BCUT2D eigenvalue weighted by Gasteiger charge is -2.07. The number of ether oxygens (including phenoxy) is 1. The van der Waals surface area contributed by atoms with Crippen molar-refractivity contribution in [1.29, 1.82) is 0 Å². The highest BCUT2D eigenvalue weighted by Gasteiger charge is 2.08. The van der Waals surface area contributed by atoms with Crippen LogP contribution in [0.4, 0.5) is 0 Å². The molecular weight excluding hydrogens is 328 g/mol. The van der Waals surface area contributed by atoms with Crippen LogP contribution in [0.1, 0.15) is 29.8 Å². The Labute approximate surface area is 142 Å². The van der Waals surface area contributed by atoms with Crippen molar-refractivity contribution in [1.82, 2.24) is 0 Å². The first kappa shape index (κ1) is 18.2. The Kier molecular flexibility index (Phi) is 6.11. The van der Waals surface area contributed by atoms with Crippen molar-refractivity contribution in [2.45, 2.75) is 20.5 Å². The molecule has 0 aliphatic carbocycles. The molecule has 0 saturated heterocycles. The zero-order valence-corrected chi connectivity index (χ0v) is 14.5. The molecule has 2 rings (SSSR count). The van der Waals surface area contributed by atoms with E-state index < -0.39 is 10.1 Å². The third-order valence-corrected chi connectivity index (χ3v) is 4.63. The van der Waals surface area contributed by atoms with Gasteiger partial charge in [-0.05, 0) is 42.7 Å². The first-order valence-electron chi connectivity index (χ1n) is 7.68. The molecule has 24 heavy (non-hydrogen) atoms. The van der Waals surface area contributed by atoms with Crippen LogP contribution in [0.15, 0.2) is 48.5 Å². The Bertz CT molecular complexity index is 777. The number of hydrogen-bond acceptors (Lipinski definition) is 5. The Hall–Kier alpha value is -2.18. The fourth-order valence-electron chi connectivity index (χ4n) is 2.05. The SMILES string of the molecule is CCOC(=O)c1ccc(-c2ccc(COS(=O)(=O)CC)cc2)cc1. The van der Waals surface area contributed by atoms with Gasteiger partial charge >= 0.3 is 5.97 Å². The van der Waals surface area contributed by atoms with Crippen LogP contribution >= 0.6 is 0 Å². The summed E-state index contributed by atoms with van der Waals surface area (Å²) in [5.74, 6) is -0.383. The molecule has 0 heterocycles. The summed E-state index contributed by atoms with van der Waals surface area (Å²) in [4.78, 5) is 11.6. The van der Waals surface area contributed by atoms with Gasteiger partial charge in [0.15, 0.2) is 0 Å². The van der Waals surface area contributed by atoms with Crippen LogP contribution < -0.4 is 0 Å². The lowest BCUT2D eigenvalue weighted by atomic mass is 10.0. The van der Waals surface area contributed by atoms with Crippen LogP contribution in [0.3, 0.4) is 0 Å². The largest absolute Gasteiger partial charge is 0.462 e. The summed E-state index contributed by atoms with van der Waals surface area (Å²) < 4.78 is 32.5. The fourth-order valence-corrected chi connectivity index (χ4v) is 2.53. The molecule has 0 atom stereocenters. The fraction of sp³-hybridized carbons (Fsp3) is 0.278. The molecule has 0 amide bonds. The normalized spacial score (nSPS) is 11.2. The molecule has 0 bridgehead atoms. The van der Waals surface area contributed by atoms with Crippen molar-refractivity contribution >= 4 is 16.1 Å². The minimum absolute atomic E-state index is 0.0260. The minimum Gasteiger partial charge on any atom is -0.462 e. The monoisotopic (exact) mass is 348 g/mol. The van der Waals surface area contributed by atoms with E-state index in [0.29, 0.717) is 12.2 Å². The van der Waals surface area contributed by atoms with Gasteiger partial charge in [-0.15, -0.1) is 0 Å². The predicted molar refractivity (Wildman–Crippen MR) is 92.1 cm³/mol. The summed E-state index contributed by atoms with van der Waals surface area (Å²) in [7, 11) is -3.44. The quantitative estimate of drug-likeness (QED) is 0.566. The molecule has 6 heteroatoms. The molecule has 2 aromatic rings. The summed E-state index contributed by atoms with van der Waals surface area (Å²) >= 11 is 0. The van der Waals surface area contributed by atoms with E-state index in [1.54, 1.807) is 26.0 Å². The number of benzene rings is 2. The van der Waals surface area contributed by atoms with Crippen LogP contribution in [0.2, 0.25) is 0 Å². The number of esters is 1. The molecular formula is C18H20O5S. The van der Waals surface area contributed by atoms with E-state index in [-0.39, 0.29) is 18.3 Å². The number of carbonyl (C=O) groups excluding carboxylic acids is 1. The van der Waals surface area contributed by atoms with Gasteiger partial charge in [0.25, 0.3) is 10.1 Å². The zero-order chi connectivity index (χ0) is 17.6. The molecule has 0 aromatic heterocycles. The third kappa shape index (κ3) is 4.91. The highest BCUT2D eigenvalue weighted by atomic mass is 32.2. The van der Waals surface area contributed by atoms with Gasteiger partial charge in [0.1, 0.15) is 0 Å². The van der Waals surface area contributed by atoms with Crippen LogP contribution in [0.25, 0.3) is 11.1 Å². The standard InChI is InChI=1S/C18H20O5S/c1-3-22-18(19)17-11-9-16(10-12-17)15-7-5-14(6-8-15)13-23-24(20,21)4-2/h5-12H,3-4,13H2,1-2H3. The zero-order valence-electron chi connectivity index (χ0n) is 13.7. The Morgan fingerprint density at radius 3 is 1.96 bits per heavy atom. The second kappa shape index (κ2) is 8.08. The van der Waals surface area contributed by atoms with Crippen molar-refractivity contribution in [3.05, 3.63) is 59.7 Å². The highest BCUT2D eigenvalue weighted by Crippen LogP contribution is 2.21. The van der Waals surface area contributed by atoms with Crippen LogP contribution in [-0.2, 0) is 25.6 Å². The van der Waals surface area contributed by atoms with Gasteiger partial charge in [-0.25, -0.2) is 4.79 Å². The van der Waals surface area contributed by atoms with E-state index in [0.717, 1.165) is 16.7 Å². The second-order valence-corrected chi connectivity index (χ2v) is 7.03. The molecule has 128 valence electrons. The van der Waals surface area contributed by atoms with Crippen molar-refractivity contribution in [2.24, 2.45) is 0 Å². The van der Waals surface area contributed by atoms with Crippen molar-refractivity contribution in [3.8, 4) is 11.1 Å². The van der Waals surface area contributed by atoms with Gasteiger partial charge in [-0.3, -0.25) is 4.18 Å². The van der Waals surface area contributed by atoms with Gasteiger partial charge in [-0.1, -0.05) is 36.4 Å². The first-order valence-corrected chi connectivity index (χ1v) is 9.26. The molecule has 0 spiro atoms. The van der Waals surface area contributed by atoms with Crippen molar-refractivity contribution in [2.75, 3.05) is 12.4 Å². The molecule has 0 aliphatic heterocycles. The summed E-state index contributed by atoms with van der Waals surface area (Å²) in [5.41, 5.74) is 3.21. The molecule has 0 radical (unpaired) electrons. The maximum atomic E-state index is 11.6. The molecule has 0 fully saturated rings. The smallest absolute Gasteiger partial charge is 0.338 e. The third-order valence-electron chi connectivity index (χ3n) is 3.44. The van der Waals surface area contributed by atoms with E-state index in [4.69, 9.17) is 8.92 Å². The molecule has 0 N–H and O–H groups in total. The van der Waals surface area contributed by atoms with E-state index >= 15 is 0 Å². The minimum atomic E-state index is -3.44. The lowest BCUT2D eigenvalue weighted by molar-refractivity contribution is 0.0526. The molecule has 0 saturated carbocycles. The number of rotatable bonds is 7. The average Bonchev–Trinajstić information content (AvgIpc) is 2.61.